The van der Waals surface area contributed by atoms with E-state index in [4.69, 9.17) is 0 Å². The molecule has 2 aromatic carbocycles. The first kappa shape index (κ1) is 22.0. The van der Waals surface area contributed by atoms with E-state index in [1.54, 1.807) is 29.2 Å². The Morgan fingerprint density at radius 3 is 2.31 bits per heavy atom. The lowest BCUT2D eigenvalue weighted by atomic mass is 10.0. The number of carbonyl (C=O) groups is 3. The van der Waals surface area contributed by atoms with Crippen LogP contribution < -0.4 is 15.5 Å². The molecule has 2 aliphatic heterocycles. The molecule has 0 unspecified atom stereocenters. The molecule has 2 fully saturated rings. The molecule has 2 N–H and O–H groups in total. The van der Waals surface area contributed by atoms with Gasteiger partial charge in [0.05, 0.1) is 6.54 Å². The number of hydrogen-bond donors (Lipinski definition) is 2. The van der Waals surface area contributed by atoms with Crippen molar-refractivity contribution in [1.29, 1.82) is 0 Å². The molecule has 0 spiro atoms. The Balaban J connectivity index is 1.17. The summed E-state index contributed by atoms with van der Waals surface area (Å²) in [6, 6.07) is 17.5. The highest BCUT2D eigenvalue weighted by Gasteiger charge is 2.22. The van der Waals surface area contributed by atoms with Crippen LogP contribution in [0.25, 0.3) is 0 Å². The zero-order valence-electron chi connectivity index (χ0n) is 18.3. The summed E-state index contributed by atoms with van der Waals surface area (Å²) >= 11 is 0. The lowest BCUT2D eigenvalue weighted by Gasteiger charge is -2.32. The lowest BCUT2D eigenvalue weighted by Crippen LogP contribution is -2.47. The van der Waals surface area contributed by atoms with E-state index in [9.17, 15) is 14.4 Å². The molecule has 0 bridgehead atoms. The van der Waals surface area contributed by atoms with E-state index in [0.29, 0.717) is 12.0 Å². The molecule has 7 nitrogen and oxygen atoms in total. The van der Waals surface area contributed by atoms with E-state index in [-0.39, 0.29) is 30.3 Å². The third kappa shape index (κ3) is 5.73. The smallest absolute Gasteiger partial charge is 0.251 e. The molecule has 32 heavy (non-hydrogen) atoms. The van der Waals surface area contributed by atoms with Gasteiger partial charge in [0.2, 0.25) is 11.8 Å². The number of piperidine rings is 1. The summed E-state index contributed by atoms with van der Waals surface area (Å²) < 4.78 is 0. The van der Waals surface area contributed by atoms with Gasteiger partial charge in [-0.2, -0.15) is 0 Å². The van der Waals surface area contributed by atoms with Gasteiger partial charge < -0.3 is 15.5 Å². The molecule has 2 aliphatic rings. The number of amides is 3. The molecule has 0 saturated carbocycles. The number of benzene rings is 2. The van der Waals surface area contributed by atoms with E-state index in [1.807, 2.05) is 6.07 Å². The fourth-order valence-corrected chi connectivity index (χ4v) is 4.33. The average Bonchev–Trinajstić information content (AvgIpc) is 3.25. The first-order valence-electron chi connectivity index (χ1n) is 11.3. The van der Waals surface area contributed by atoms with Crippen LogP contribution in [0.5, 0.6) is 0 Å². The van der Waals surface area contributed by atoms with Crippen molar-refractivity contribution in [2.24, 2.45) is 0 Å². The molecule has 3 amide bonds. The van der Waals surface area contributed by atoms with E-state index < -0.39 is 0 Å². The fourth-order valence-electron chi connectivity index (χ4n) is 4.33. The van der Waals surface area contributed by atoms with Gasteiger partial charge in [-0.25, -0.2) is 0 Å². The Bertz CT molecular complexity index is 937. The number of nitrogens with zero attached hydrogens (tertiary/aromatic N) is 2. The van der Waals surface area contributed by atoms with Crippen LogP contribution >= 0.6 is 0 Å². The molecule has 0 aliphatic carbocycles. The fraction of sp³-hybridized carbons (Fsp3) is 0.400. The number of rotatable bonds is 7. The Kier molecular flexibility index (Phi) is 7.17. The number of nitrogens with one attached hydrogen (secondary N) is 2. The zero-order chi connectivity index (χ0) is 22.3. The minimum atomic E-state index is -0.294. The summed E-state index contributed by atoms with van der Waals surface area (Å²) in [5, 5.41) is 5.72. The normalized spacial score (nSPS) is 17.4. The minimum absolute atomic E-state index is 0.0462. The highest BCUT2D eigenvalue weighted by molar-refractivity contribution is 5.98. The number of carbonyl (C=O) groups excluding carboxylic acids is 3. The predicted molar refractivity (Wildman–Crippen MR) is 123 cm³/mol. The van der Waals surface area contributed by atoms with Gasteiger partial charge in [0.1, 0.15) is 0 Å². The van der Waals surface area contributed by atoms with E-state index in [1.165, 1.54) is 5.56 Å². The maximum Gasteiger partial charge on any atom is 0.251 e. The van der Waals surface area contributed by atoms with E-state index in [0.717, 1.165) is 51.1 Å². The molecule has 2 aromatic rings. The minimum Gasteiger partial charge on any atom is -0.352 e. The van der Waals surface area contributed by atoms with E-state index in [2.05, 4.69) is 39.8 Å². The first-order valence-corrected chi connectivity index (χ1v) is 11.3. The Morgan fingerprint density at radius 1 is 0.938 bits per heavy atom. The van der Waals surface area contributed by atoms with Gasteiger partial charge in [0.25, 0.3) is 5.91 Å². The average molecular weight is 435 g/mol. The monoisotopic (exact) mass is 434 g/mol. The van der Waals surface area contributed by atoms with E-state index >= 15 is 0 Å². The number of hydrogen-bond acceptors (Lipinski definition) is 4. The topological polar surface area (TPSA) is 81.8 Å². The van der Waals surface area contributed by atoms with Crippen LogP contribution in [0.1, 0.15) is 41.6 Å². The van der Waals surface area contributed by atoms with Crippen LogP contribution in [0.2, 0.25) is 0 Å². The second kappa shape index (κ2) is 10.4. The highest BCUT2D eigenvalue weighted by atomic mass is 16.2. The van der Waals surface area contributed by atoms with Crippen molar-refractivity contribution in [1.82, 2.24) is 15.5 Å². The third-order valence-corrected chi connectivity index (χ3v) is 6.13. The number of anilines is 1. The van der Waals surface area contributed by atoms with Crippen LogP contribution in [0, 0.1) is 0 Å². The van der Waals surface area contributed by atoms with Crippen LogP contribution in [0.15, 0.2) is 54.6 Å². The second-order valence-corrected chi connectivity index (χ2v) is 8.48. The van der Waals surface area contributed by atoms with Gasteiger partial charge in [-0.15, -0.1) is 0 Å². The summed E-state index contributed by atoms with van der Waals surface area (Å²) in [5.74, 6) is -0.346. The second-order valence-electron chi connectivity index (χ2n) is 8.48. The Morgan fingerprint density at radius 2 is 1.66 bits per heavy atom. The molecule has 7 heteroatoms. The maximum absolute atomic E-state index is 12.4. The van der Waals surface area contributed by atoms with Gasteiger partial charge in [-0.05, 0) is 49.1 Å². The molecule has 2 saturated heterocycles. The molecule has 4 rings (SSSR count). The van der Waals surface area contributed by atoms with Gasteiger partial charge in [-0.3, -0.25) is 19.3 Å². The molecule has 0 radical (unpaired) electrons. The highest BCUT2D eigenvalue weighted by Crippen LogP contribution is 2.21. The molecule has 168 valence electrons. The van der Waals surface area contributed by atoms with Crippen molar-refractivity contribution in [3.8, 4) is 0 Å². The summed E-state index contributed by atoms with van der Waals surface area (Å²) in [6.45, 7) is 3.49. The molecule has 2 heterocycles. The van der Waals surface area contributed by atoms with Crippen molar-refractivity contribution in [2.75, 3.05) is 31.1 Å². The maximum atomic E-state index is 12.4. The van der Waals surface area contributed by atoms with Crippen LogP contribution in [0.3, 0.4) is 0 Å². The number of likely N-dealkylation sites (tertiary alicyclic amines) is 1. The van der Waals surface area contributed by atoms with Crippen molar-refractivity contribution < 1.29 is 14.4 Å². The molecular formula is C25H30N4O3. The first-order chi connectivity index (χ1) is 15.6. The standard InChI is InChI=1S/C25H30N4O3/c30-23(27-21-12-15-28(16-13-21)18-19-5-2-1-3-6-19)17-26-25(32)20-8-10-22(11-9-20)29-14-4-7-24(29)31/h1-3,5-6,8-11,21H,4,7,12-18H2,(H,26,32)(H,27,30). The van der Waals surface area contributed by atoms with Gasteiger partial charge in [0, 0.05) is 49.9 Å². The van der Waals surface area contributed by atoms with Crippen molar-refractivity contribution in [3.05, 3.63) is 65.7 Å². The van der Waals surface area contributed by atoms with Crippen molar-refractivity contribution in [2.45, 2.75) is 38.3 Å². The largest absolute Gasteiger partial charge is 0.352 e. The van der Waals surface area contributed by atoms with Gasteiger partial charge in [0.15, 0.2) is 0 Å². The predicted octanol–water partition coefficient (Wildman–Crippen LogP) is 2.32. The van der Waals surface area contributed by atoms with Crippen LogP contribution in [-0.4, -0.2) is 54.8 Å². The van der Waals surface area contributed by atoms with Crippen molar-refractivity contribution in [3.63, 3.8) is 0 Å². The van der Waals surface area contributed by atoms with Crippen LogP contribution in [0.4, 0.5) is 5.69 Å². The molecule has 0 aromatic heterocycles. The molecule has 0 atom stereocenters. The van der Waals surface area contributed by atoms with Gasteiger partial charge in [-0.1, -0.05) is 30.3 Å². The summed E-state index contributed by atoms with van der Waals surface area (Å²) in [7, 11) is 0. The summed E-state index contributed by atoms with van der Waals surface area (Å²) in [5.41, 5.74) is 2.58. The quantitative estimate of drug-likeness (QED) is 0.701. The Hall–Kier alpha value is -3.19. The molecular weight excluding hydrogens is 404 g/mol. The Labute approximate surface area is 188 Å². The summed E-state index contributed by atoms with van der Waals surface area (Å²) in [4.78, 5) is 40.6. The van der Waals surface area contributed by atoms with Gasteiger partial charge >= 0.3 is 0 Å². The van der Waals surface area contributed by atoms with Crippen LogP contribution in [-0.2, 0) is 16.1 Å². The van der Waals surface area contributed by atoms with Crippen molar-refractivity contribution >= 4 is 23.4 Å². The third-order valence-electron chi connectivity index (χ3n) is 6.13. The zero-order valence-corrected chi connectivity index (χ0v) is 18.3. The lowest BCUT2D eigenvalue weighted by molar-refractivity contribution is -0.121. The summed E-state index contributed by atoms with van der Waals surface area (Å²) in [6.07, 6.45) is 3.25. The SMILES string of the molecule is O=C(CNC(=O)c1ccc(N2CCCC2=O)cc1)NC1CCN(Cc2ccccc2)CC1.